The Bertz CT molecular complexity index is 1320. The van der Waals surface area contributed by atoms with Gasteiger partial charge in [-0.15, -0.1) is 0 Å². The zero-order chi connectivity index (χ0) is 21.6. The van der Waals surface area contributed by atoms with Gasteiger partial charge in [-0.1, -0.05) is 48.2 Å². The smallest absolute Gasteiger partial charge is 0.258 e. The SMILES string of the molecule is Cc1ccccc1C#CCOc1ccc(F)c(C(=O)Nc2cccc3cccnc23)c1. The number of pyridine rings is 1. The summed E-state index contributed by atoms with van der Waals surface area (Å²) in [6, 6.07) is 21.0. The molecule has 4 rings (SSSR count). The average molecular weight is 410 g/mol. The van der Waals surface area contributed by atoms with Gasteiger partial charge in [0, 0.05) is 17.1 Å². The number of rotatable bonds is 4. The molecule has 0 saturated carbocycles. The lowest BCUT2D eigenvalue weighted by atomic mass is 10.1. The van der Waals surface area contributed by atoms with Gasteiger partial charge in [-0.05, 0) is 48.9 Å². The zero-order valence-corrected chi connectivity index (χ0v) is 16.9. The van der Waals surface area contributed by atoms with Crippen molar-refractivity contribution in [1.29, 1.82) is 0 Å². The molecule has 0 unspecified atom stereocenters. The highest BCUT2D eigenvalue weighted by Crippen LogP contribution is 2.23. The van der Waals surface area contributed by atoms with E-state index in [-0.39, 0.29) is 12.2 Å². The van der Waals surface area contributed by atoms with Crippen LogP contribution in [0.4, 0.5) is 10.1 Å². The topological polar surface area (TPSA) is 51.2 Å². The van der Waals surface area contributed by atoms with Gasteiger partial charge in [-0.25, -0.2) is 4.39 Å². The van der Waals surface area contributed by atoms with E-state index in [1.165, 1.54) is 18.2 Å². The number of para-hydroxylation sites is 1. The minimum Gasteiger partial charge on any atom is -0.481 e. The fraction of sp³-hybridized carbons (Fsp3) is 0.0769. The Balaban J connectivity index is 1.49. The maximum atomic E-state index is 14.3. The predicted octanol–water partition coefficient (Wildman–Crippen LogP) is 5.37. The van der Waals surface area contributed by atoms with Crippen LogP contribution in [-0.4, -0.2) is 17.5 Å². The normalized spacial score (nSPS) is 10.3. The van der Waals surface area contributed by atoms with E-state index in [4.69, 9.17) is 4.74 Å². The molecule has 0 aliphatic rings. The maximum absolute atomic E-state index is 14.3. The molecule has 0 fully saturated rings. The van der Waals surface area contributed by atoms with Crippen LogP contribution in [0.15, 0.2) is 79.0 Å². The number of carbonyl (C=O) groups is 1. The summed E-state index contributed by atoms with van der Waals surface area (Å²) in [5.74, 6) is 5.14. The Hall–Kier alpha value is -4.17. The molecular weight excluding hydrogens is 391 g/mol. The van der Waals surface area contributed by atoms with Gasteiger partial charge >= 0.3 is 0 Å². The Morgan fingerprint density at radius 3 is 2.77 bits per heavy atom. The molecule has 31 heavy (non-hydrogen) atoms. The minimum atomic E-state index is -0.635. The molecule has 0 saturated heterocycles. The molecule has 5 heteroatoms. The summed E-state index contributed by atoms with van der Waals surface area (Å²) < 4.78 is 19.9. The van der Waals surface area contributed by atoms with Crippen molar-refractivity contribution in [3.63, 3.8) is 0 Å². The van der Waals surface area contributed by atoms with Crippen molar-refractivity contribution in [3.05, 3.63) is 102 Å². The lowest BCUT2D eigenvalue weighted by Crippen LogP contribution is -2.14. The quantitative estimate of drug-likeness (QED) is 0.461. The molecular formula is C26H19FN2O2. The first-order chi connectivity index (χ1) is 15.1. The average Bonchev–Trinajstić information content (AvgIpc) is 2.79. The number of amides is 1. The fourth-order valence-corrected chi connectivity index (χ4v) is 3.13. The van der Waals surface area contributed by atoms with Gasteiger partial charge in [0.15, 0.2) is 0 Å². The molecule has 3 aromatic carbocycles. The fourth-order valence-electron chi connectivity index (χ4n) is 3.13. The number of fused-ring (bicyclic) bond motifs is 1. The third-order valence-electron chi connectivity index (χ3n) is 4.74. The minimum absolute atomic E-state index is 0.114. The third-order valence-corrected chi connectivity index (χ3v) is 4.74. The highest BCUT2D eigenvalue weighted by atomic mass is 19.1. The summed E-state index contributed by atoms with van der Waals surface area (Å²) in [7, 11) is 0. The number of hydrogen-bond donors (Lipinski definition) is 1. The highest BCUT2D eigenvalue weighted by molar-refractivity contribution is 6.08. The van der Waals surface area contributed by atoms with E-state index in [9.17, 15) is 9.18 Å². The first-order valence-electron chi connectivity index (χ1n) is 9.74. The van der Waals surface area contributed by atoms with E-state index in [0.29, 0.717) is 17.0 Å². The summed E-state index contributed by atoms with van der Waals surface area (Å²) in [6.07, 6.45) is 1.64. The van der Waals surface area contributed by atoms with Crippen molar-refractivity contribution in [2.45, 2.75) is 6.92 Å². The molecule has 152 valence electrons. The van der Waals surface area contributed by atoms with E-state index < -0.39 is 11.7 Å². The van der Waals surface area contributed by atoms with Crippen molar-refractivity contribution in [3.8, 4) is 17.6 Å². The van der Waals surface area contributed by atoms with Crippen LogP contribution in [0.1, 0.15) is 21.5 Å². The van der Waals surface area contributed by atoms with Crippen molar-refractivity contribution < 1.29 is 13.9 Å². The molecule has 0 bridgehead atoms. The van der Waals surface area contributed by atoms with Crippen molar-refractivity contribution in [2.75, 3.05) is 11.9 Å². The molecule has 0 atom stereocenters. The Labute approximate surface area is 179 Å². The van der Waals surface area contributed by atoms with Gasteiger partial charge in [-0.2, -0.15) is 0 Å². The van der Waals surface area contributed by atoms with Gasteiger partial charge in [-0.3, -0.25) is 9.78 Å². The van der Waals surface area contributed by atoms with Crippen LogP contribution in [0.5, 0.6) is 5.75 Å². The first kappa shape index (κ1) is 20.1. The number of anilines is 1. The summed E-state index contributed by atoms with van der Waals surface area (Å²) in [5.41, 5.74) is 3.04. The maximum Gasteiger partial charge on any atom is 0.258 e. The Morgan fingerprint density at radius 1 is 1.06 bits per heavy atom. The monoisotopic (exact) mass is 410 g/mol. The third kappa shape index (κ3) is 4.71. The lowest BCUT2D eigenvalue weighted by Gasteiger charge is -2.10. The van der Waals surface area contributed by atoms with Crippen LogP contribution >= 0.6 is 0 Å². The molecule has 1 N–H and O–H groups in total. The van der Waals surface area contributed by atoms with E-state index in [0.717, 1.165) is 16.5 Å². The molecule has 0 radical (unpaired) electrons. The molecule has 0 aliphatic heterocycles. The molecule has 1 aromatic heterocycles. The number of aromatic nitrogens is 1. The largest absolute Gasteiger partial charge is 0.481 e. The number of ether oxygens (including phenoxy) is 1. The summed E-state index contributed by atoms with van der Waals surface area (Å²) in [6.45, 7) is 2.11. The number of nitrogens with zero attached hydrogens (tertiary/aromatic N) is 1. The van der Waals surface area contributed by atoms with E-state index >= 15 is 0 Å². The van der Waals surface area contributed by atoms with Crippen LogP contribution in [-0.2, 0) is 0 Å². The Kier molecular flexibility index (Phi) is 5.91. The number of nitrogens with one attached hydrogen (secondary N) is 1. The van der Waals surface area contributed by atoms with Gasteiger partial charge in [0.1, 0.15) is 18.2 Å². The summed E-state index contributed by atoms with van der Waals surface area (Å²) >= 11 is 0. The summed E-state index contributed by atoms with van der Waals surface area (Å²) in [4.78, 5) is 17.0. The van der Waals surface area contributed by atoms with Crippen LogP contribution < -0.4 is 10.1 Å². The number of hydrogen-bond acceptors (Lipinski definition) is 3. The number of carbonyl (C=O) groups excluding carboxylic acids is 1. The molecule has 4 nitrogen and oxygen atoms in total. The molecule has 0 aliphatic carbocycles. The first-order valence-corrected chi connectivity index (χ1v) is 9.74. The standard InChI is InChI=1S/C26H19FN2O2/c1-18-7-2-3-8-19(18)11-6-16-31-21-13-14-23(27)22(17-21)26(30)29-24-12-4-9-20-10-5-15-28-25(20)24/h2-5,7-10,12-15,17H,16H2,1H3,(H,29,30). The van der Waals surface area contributed by atoms with Crippen molar-refractivity contribution in [2.24, 2.45) is 0 Å². The molecule has 1 heterocycles. The van der Waals surface area contributed by atoms with E-state index in [2.05, 4.69) is 22.1 Å². The second-order valence-corrected chi connectivity index (χ2v) is 6.88. The van der Waals surface area contributed by atoms with Crippen molar-refractivity contribution >= 4 is 22.5 Å². The predicted molar refractivity (Wildman–Crippen MR) is 120 cm³/mol. The highest BCUT2D eigenvalue weighted by Gasteiger charge is 2.15. The van der Waals surface area contributed by atoms with Gasteiger partial charge < -0.3 is 10.1 Å². The molecule has 4 aromatic rings. The zero-order valence-electron chi connectivity index (χ0n) is 16.9. The van der Waals surface area contributed by atoms with Gasteiger partial charge in [0.05, 0.1) is 16.8 Å². The van der Waals surface area contributed by atoms with E-state index in [1.54, 1.807) is 12.3 Å². The summed E-state index contributed by atoms with van der Waals surface area (Å²) in [5, 5.41) is 3.62. The molecule has 0 spiro atoms. The second kappa shape index (κ2) is 9.10. The molecule has 1 amide bonds. The van der Waals surface area contributed by atoms with Crippen LogP contribution in [0.3, 0.4) is 0 Å². The van der Waals surface area contributed by atoms with Crippen molar-refractivity contribution in [1.82, 2.24) is 4.98 Å². The second-order valence-electron chi connectivity index (χ2n) is 6.88. The Morgan fingerprint density at radius 2 is 1.90 bits per heavy atom. The number of halogens is 1. The lowest BCUT2D eigenvalue weighted by molar-refractivity contribution is 0.102. The van der Waals surface area contributed by atoms with E-state index in [1.807, 2.05) is 55.5 Å². The van der Waals surface area contributed by atoms with Gasteiger partial charge in [0.2, 0.25) is 0 Å². The van der Waals surface area contributed by atoms with Crippen LogP contribution in [0, 0.1) is 24.6 Å². The van der Waals surface area contributed by atoms with Gasteiger partial charge in [0.25, 0.3) is 5.91 Å². The van der Waals surface area contributed by atoms with Crippen LogP contribution in [0.25, 0.3) is 10.9 Å². The van der Waals surface area contributed by atoms with Crippen LogP contribution in [0.2, 0.25) is 0 Å². The number of aryl methyl sites for hydroxylation is 1. The number of benzene rings is 3.